The molecular weight excluding hydrogens is 278 g/mol. The minimum absolute atomic E-state index is 0.236. The normalized spacial score (nSPS) is 22.0. The molecule has 1 amide bonds. The average molecular weight is 301 g/mol. The minimum atomic E-state index is 0.236. The lowest BCUT2D eigenvalue weighted by Gasteiger charge is -2.42. The molecule has 1 aliphatic heterocycles. The van der Waals surface area contributed by atoms with Gasteiger partial charge in [0, 0.05) is 32.8 Å². The first kappa shape index (κ1) is 14.8. The highest BCUT2D eigenvalue weighted by molar-refractivity contribution is 5.87. The fourth-order valence-corrected chi connectivity index (χ4v) is 3.30. The van der Waals surface area contributed by atoms with Gasteiger partial charge in [0.05, 0.1) is 11.4 Å². The van der Waals surface area contributed by atoms with Crippen LogP contribution in [-0.4, -0.2) is 51.9 Å². The molecule has 6 nitrogen and oxygen atoms in total. The highest BCUT2D eigenvalue weighted by Gasteiger charge is 2.32. The Kier molecular flexibility index (Phi) is 4.00. The number of hydrogen-bond acceptors (Lipinski definition) is 4. The number of piperidine rings is 1. The Labute approximate surface area is 130 Å². The van der Waals surface area contributed by atoms with E-state index >= 15 is 0 Å². The Morgan fingerprint density at radius 2 is 2.32 bits per heavy atom. The number of carbonyl (C=O) groups is 1. The Hall–Kier alpha value is -2.11. The Bertz CT molecular complexity index is 667. The summed E-state index contributed by atoms with van der Waals surface area (Å²) in [4.78, 5) is 28.1. The molecule has 1 N–H and O–H groups in total. The molecule has 2 aromatic rings. The molecule has 3 rings (SSSR count). The summed E-state index contributed by atoms with van der Waals surface area (Å²) in [6, 6.07) is 2.28. The maximum atomic E-state index is 12.0. The second-order valence-corrected chi connectivity index (χ2v) is 6.07. The number of rotatable bonds is 3. The molecular formula is C16H23N5O. The lowest BCUT2D eigenvalue weighted by Crippen LogP contribution is -2.52. The maximum Gasteiger partial charge on any atom is 0.222 e. The van der Waals surface area contributed by atoms with Crippen LogP contribution in [0.4, 0.5) is 5.82 Å². The van der Waals surface area contributed by atoms with E-state index in [1.165, 1.54) is 0 Å². The number of H-pyrrole nitrogens is 1. The molecule has 2 unspecified atom stereocenters. The zero-order valence-electron chi connectivity index (χ0n) is 13.4. The number of fused-ring (bicyclic) bond motifs is 1. The van der Waals surface area contributed by atoms with Crippen LogP contribution in [0.25, 0.3) is 11.0 Å². The Morgan fingerprint density at radius 1 is 1.50 bits per heavy atom. The fourth-order valence-electron chi connectivity index (χ4n) is 3.30. The Balaban J connectivity index is 1.88. The zero-order valence-corrected chi connectivity index (χ0v) is 13.4. The van der Waals surface area contributed by atoms with Crippen molar-refractivity contribution >= 4 is 22.8 Å². The van der Waals surface area contributed by atoms with Crippen molar-refractivity contribution in [3.63, 3.8) is 0 Å². The summed E-state index contributed by atoms with van der Waals surface area (Å²) in [5.74, 6) is 1.68. The van der Waals surface area contributed by atoms with Crippen molar-refractivity contribution in [2.45, 2.75) is 32.7 Å². The van der Waals surface area contributed by atoms with Gasteiger partial charge in [-0.05, 0) is 18.4 Å². The monoisotopic (exact) mass is 301 g/mol. The van der Waals surface area contributed by atoms with Gasteiger partial charge in [-0.3, -0.25) is 4.79 Å². The molecule has 1 saturated heterocycles. The van der Waals surface area contributed by atoms with Crippen LogP contribution in [0.2, 0.25) is 0 Å². The van der Waals surface area contributed by atoms with Crippen molar-refractivity contribution in [2.24, 2.45) is 5.92 Å². The van der Waals surface area contributed by atoms with Crippen LogP contribution in [0.3, 0.4) is 0 Å². The number of nitrogens with zero attached hydrogens (tertiary/aromatic N) is 4. The number of anilines is 1. The molecule has 1 aliphatic rings. The van der Waals surface area contributed by atoms with E-state index in [4.69, 9.17) is 0 Å². The number of aromatic amines is 1. The summed E-state index contributed by atoms with van der Waals surface area (Å²) in [5, 5.41) is 1.02. The second kappa shape index (κ2) is 5.94. The molecule has 0 aromatic carbocycles. The number of hydrogen-bond donors (Lipinski definition) is 1. The first-order valence-electron chi connectivity index (χ1n) is 7.90. The van der Waals surface area contributed by atoms with E-state index in [0.29, 0.717) is 12.3 Å². The van der Waals surface area contributed by atoms with E-state index in [9.17, 15) is 4.79 Å². The molecule has 0 aliphatic carbocycles. The minimum Gasteiger partial charge on any atom is -0.354 e. The quantitative estimate of drug-likeness (QED) is 0.942. The van der Waals surface area contributed by atoms with Crippen molar-refractivity contribution in [3.05, 3.63) is 18.6 Å². The molecule has 6 heteroatoms. The molecule has 2 aromatic heterocycles. The number of nitrogens with one attached hydrogen (secondary N) is 1. The predicted octanol–water partition coefficient (Wildman–Crippen LogP) is 2.04. The fraction of sp³-hybridized carbons (Fsp3) is 0.562. The van der Waals surface area contributed by atoms with Crippen molar-refractivity contribution < 1.29 is 4.79 Å². The second-order valence-electron chi connectivity index (χ2n) is 6.07. The van der Waals surface area contributed by atoms with Crippen LogP contribution in [0.5, 0.6) is 0 Å². The van der Waals surface area contributed by atoms with Crippen LogP contribution in [-0.2, 0) is 4.79 Å². The summed E-state index contributed by atoms with van der Waals surface area (Å²) < 4.78 is 0. The van der Waals surface area contributed by atoms with E-state index in [0.717, 1.165) is 36.4 Å². The van der Waals surface area contributed by atoms with E-state index in [1.807, 2.05) is 24.1 Å². The van der Waals surface area contributed by atoms with Gasteiger partial charge >= 0.3 is 0 Å². The van der Waals surface area contributed by atoms with Gasteiger partial charge < -0.3 is 14.8 Å². The van der Waals surface area contributed by atoms with Gasteiger partial charge in [-0.25, -0.2) is 9.97 Å². The van der Waals surface area contributed by atoms with Crippen LogP contribution < -0.4 is 4.90 Å². The summed E-state index contributed by atoms with van der Waals surface area (Å²) >= 11 is 0. The summed E-state index contributed by atoms with van der Waals surface area (Å²) in [6.45, 7) is 5.80. The number of likely N-dealkylation sites (tertiary alicyclic amines) is 1. The topological polar surface area (TPSA) is 65.1 Å². The third-order valence-corrected chi connectivity index (χ3v) is 4.74. The van der Waals surface area contributed by atoms with Crippen molar-refractivity contribution in [1.82, 2.24) is 19.9 Å². The van der Waals surface area contributed by atoms with Gasteiger partial charge in [-0.1, -0.05) is 13.8 Å². The van der Waals surface area contributed by atoms with E-state index in [1.54, 1.807) is 6.33 Å². The van der Waals surface area contributed by atoms with Gasteiger partial charge in [0.2, 0.25) is 5.91 Å². The van der Waals surface area contributed by atoms with Crippen LogP contribution in [0.15, 0.2) is 18.6 Å². The smallest absolute Gasteiger partial charge is 0.222 e. The first-order valence-corrected chi connectivity index (χ1v) is 7.90. The van der Waals surface area contributed by atoms with E-state index in [-0.39, 0.29) is 11.9 Å². The highest BCUT2D eigenvalue weighted by atomic mass is 16.2. The van der Waals surface area contributed by atoms with Crippen molar-refractivity contribution in [1.29, 1.82) is 0 Å². The molecule has 2 atom stereocenters. The van der Waals surface area contributed by atoms with Gasteiger partial charge in [-0.15, -0.1) is 0 Å². The third kappa shape index (κ3) is 2.53. The Morgan fingerprint density at radius 3 is 3.09 bits per heavy atom. The molecule has 3 heterocycles. The zero-order chi connectivity index (χ0) is 15.7. The van der Waals surface area contributed by atoms with Crippen LogP contribution >= 0.6 is 0 Å². The molecule has 118 valence electrons. The standard InChI is InChI=1S/C16H23N5O/c1-4-14(22)21-8-6-11(2)13(9-21)20(3)16-12-5-7-17-15(12)18-10-19-16/h5,7,10-11,13H,4,6,8-9H2,1-3H3,(H,17,18,19). The number of amides is 1. The van der Waals surface area contributed by atoms with Gasteiger partial charge in [-0.2, -0.15) is 0 Å². The van der Waals surface area contributed by atoms with E-state index in [2.05, 4.69) is 33.8 Å². The van der Waals surface area contributed by atoms with Crippen LogP contribution in [0.1, 0.15) is 26.7 Å². The maximum absolute atomic E-state index is 12.0. The highest BCUT2D eigenvalue weighted by Crippen LogP contribution is 2.28. The van der Waals surface area contributed by atoms with Crippen molar-refractivity contribution in [2.75, 3.05) is 25.0 Å². The lowest BCUT2D eigenvalue weighted by molar-refractivity contribution is -0.132. The van der Waals surface area contributed by atoms with Crippen LogP contribution in [0, 0.1) is 5.92 Å². The van der Waals surface area contributed by atoms with Gasteiger partial charge in [0.15, 0.2) is 0 Å². The van der Waals surface area contributed by atoms with Gasteiger partial charge in [0.1, 0.15) is 17.8 Å². The molecule has 0 bridgehead atoms. The van der Waals surface area contributed by atoms with E-state index < -0.39 is 0 Å². The molecule has 0 spiro atoms. The molecule has 0 saturated carbocycles. The van der Waals surface area contributed by atoms with Gasteiger partial charge in [0.25, 0.3) is 0 Å². The largest absolute Gasteiger partial charge is 0.354 e. The SMILES string of the molecule is CCC(=O)N1CCC(C)C(N(C)c2ncnc3[nH]ccc23)C1. The first-order chi connectivity index (χ1) is 10.6. The molecule has 0 radical (unpaired) electrons. The molecule has 1 fully saturated rings. The summed E-state index contributed by atoms with van der Waals surface area (Å²) in [7, 11) is 2.07. The summed E-state index contributed by atoms with van der Waals surface area (Å²) in [5.41, 5.74) is 0.849. The number of carbonyl (C=O) groups excluding carboxylic acids is 1. The third-order valence-electron chi connectivity index (χ3n) is 4.74. The number of aromatic nitrogens is 3. The molecule has 22 heavy (non-hydrogen) atoms. The summed E-state index contributed by atoms with van der Waals surface area (Å²) in [6.07, 6.45) is 5.07. The average Bonchev–Trinajstić information content (AvgIpc) is 3.02. The lowest BCUT2D eigenvalue weighted by atomic mass is 9.92. The number of likely N-dealkylation sites (N-methyl/N-ethyl adjacent to an activating group) is 1. The van der Waals surface area contributed by atoms with Crippen molar-refractivity contribution in [3.8, 4) is 0 Å². The predicted molar refractivity (Wildman–Crippen MR) is 86.7 cm³/mol.